The molecule has 1 heterocycles. The van der Waals surface area contributed by atoms with Crippen molar-refractivity contribution in [1.29, 1.82) is 0 Å². The topological polar surface area (TPSA) is 46.3 Å². The highest BCUT2D eigenvalue weighted by molar-refractivity contribution is 7.07. The summed E-state index contributed by atoms with van der Waals surface area (Å²) in [6.45, 7) is 3.53. The van der Waals surface area contributed by atoms with Gasteiger partial charge in [0.05, 0.1) is 6.42 Å². The van der Waals surface area contributed by atoms with E-state index >= 15 is 0 Å². The summed E-state index contributed by atoms with van der Waals surface area (Å²) < 4.78 is 0. The molecular formula is C16H20N2OS. The summed E-state index contributed by atoms with van der Waals surface area (Å²) in [5.74, 6) is 0.182. The average Bonchev–Trinajstić information content (AvgIpc) is 2.93. The Morgan fingerprint density at radius 1 is 1.20 bits per heavy atom. The van der Waals surface area contributed by atoms with E-state index in [2.05, 4.69) is 6.92 Å². The van der Waals surface area contributed by atoms with E-state index in [-0.39, 0.29) is 5.91 Å². The van der Waals surface area contributed by atoms with Crippen LogP contribution >= 0.6 is 11.3 Å². The van der Waals surface area contributed by atoms with E-state index in [9.17, 15) is 4.79 Å². The van der Waals surface area contributed by atoms with Gasteiger partial charge >= 0.3 is 0 Å². The third-order valence-corrected chi connectivity index (χ3v) is 3.87. The van der Waals surface area contributed by atoms with Crippen LogP contribution in [0.4, 0.5) is 5.69 Å². The van der Waals surface area contributed by atoms with E-state index in [4.69, 9.17) is 5.73 Å². The van der Waals surface area contributed by atoms with Gasteiger partial charge in [0.2, 0.25) is 5.91 Å². The van der Waals surface area contributed by atoms with Gasteiger partial charge in [0, 0.05) is 18.8 Å². The van der Waals surface area contributed by atoms with Gasteiger partial charge < -0.3 is 10.6 Å². The van der Waals surface area contributed by atoms with Crippen LogP contribution in [0.2, 0.25) is 0 Å². The third-order valence-electron chi connectivity index (χ3n) is 3.13. The van der Waals surface area contributed by atoms with Gasteiger partial charge in [-0.15, -0.1) is 0 Å². The number of nitrogens with two attached hydrogens (primary N) is 1. The van der Waals surface area contributed by atoms with Crippen LogP contribution in [-0.4, -0.2) is 17.4 Å². The highest BCUT2D eigenvalue weighted by Gasteiger charge is 2.14. The number of amides is 1. The summed E-state index contributed by atoms with van der Waals surface area (Å²) >= 11 is 1.63. The first-order valence-electron chi connectivity index (χ1n) is 6.82. The first-order valence-corrected chi connectivity index (χ1v) is 7.76. The second kappa shape index (κ2) is 7.10. The molecule has 3 nitrogen and oxygen atoms in total. The van der Waals surface area contributed by atoms with Crippen LogP contribution in [0, 0.1) is 0 Å². The van der Waals surface area contributed by atoms with Crippen molar-refractivity contribution in [3.8, 4) is 0 Å². The monoisotopic (exact) mass is 288 g/mol. The quantitative estimate of drug-likeness (QED) is 0.829. The van der Waals surface area contributed by atoms with Crippen molar-refractivity contribution >= 4 is 22.9 Å². The van der Waals surface area contributed by atoms with Crippen LogP contribution in [0.3, 0.4) is 0 Å². The molecule has 0 aliphatic carbocycles. The van der Waals surface area contributed by atoms with Crippen LogP contribution in [0.25, 0.3) is 0 Å². The van der Waals surface area contributed by atoms with Crippen LogP contribution < -0.4 is 5.73 Å². The van der Waals surface area contributed by atoms with Gasteiger partial charge in [0.15, 0.2) is 0 Å². The zero-order chi connectivity index (χ0) is 14.4. The van der Waals surface area contributed by atoms with Gasteiger partial charge in [-0.1, -0.05) is 19.1 Å². The molecule has 0 saturated heterocycles. The van der Waals surface area contributed by atoms with E-state index < -0.39 is 0 Å². The van der Waals surface area contributed by atoms with Crippen LogP contribution in [0.1, 0.15) is 24.5 Å². The summed E-state index contributed by atoms with van der Waals surface area (Å²) in [5, 5.41) is 4.04. The van der Waals surface area contributed by atoms with E-state index in [0.29, 0.717) is 13.0 Å². The summed E-state index contributed by atoms with van der Waals surface area (Å²) in [6, 6.07) is 9.73. The Morgan fingerprint density at radius 3 is 2.55 bits per heavy atom. The Hall–Kier alpha value is -1.81. The minimum atomic E-state index is 0.182. The van der Waals surface area contributed by atoms with Crippen LogP contribution in [0.5, 0.6) is 0 Å². The normalized spacial score (nSPS) is 10.4. The van der Waals surface area contributed by atoms with Crippen molar-refractivity contribution in [2.24, 2.45) is 0 Å². The fourth-order valence-corrected chi connectivity index (χ4v) is 2.75. The molecule has 20 heavy (non-hydrogen) atoms. The first kappa shape index (κ1) is 14.6. The minimum Gasteiger partial charge on any atom is -0.399 e. The number of rotatable bonds is 6. The molecule has 0 atom stereocenters. The number of carbonyl (C=O) groups excluding carboxylic acids is 1. The van der Waals surface area contributed by atoms with Gasteiger partial charge in [0.1, 0.15) is 0 Å². The van der Waals surface area contributed by atoms with Gasteiger partial charge in [-0.05, 0) is 46.5 Å². The molecule has 2 aromatic rings. The Balaban J connectivity index is 2.02. The highest BCUT2D eigenvalue weighted by atomic mass is 32.1. The maximum atomic E-state index is 12.4. The SMILES string of the molecule is CCCN(Cc1ccc(N)cc1)C(=O)Cc1ccsc1. The molecule has 0 unspecified atom stereocenters. The molecule has 4 heteroatoms. The van der Waals surface area contributed by atoms with Crippen molar-refractivity contribution in [2.45, 2.75) is 26.3 Å². The first-order chi connectivity index (χ1) is 9.69. The number of hydrogen-bond acceptors (Lipinski definition) is 3. The molecule has 0 fully saturated rings. The largest absolute Gasteiger partial charge is 0.399 e. The van der Waals surface area contributed by atoms with Crippen molar-refractivity contribution in [2.75, 3.05) is 12.3 Å². The molecule has 1 amide bonds. The summed E-state index contributed by atoms with van der Waals surface area (Å²) in [4.78, 5) is 14.3. The number of anilines is 1. The number of hydrogen-bond donors (Lipinski definition) is 1. The molecule has 0 spiro atoms. The molecule has 1 aromatic heterocycles. The van der Waals surface area contributed by atoms with Gasteiger partial charge in [-0.25, -0.2) is 0 Å². The Bertz CT molecular complexity index is 534. The molecule has 1 aromatic carbocycles. The second-order valence-electron chi connectivity index (χ2n) is 4.87. The fraction of sp³-hybridized carbons (Fsp3) is 0.312. The third kappa shape index (κ3) is 4.10. The lowest BCUT2D eigenvalue weighted by atomic mass is 10.1. The fourth-order valence-electron chi connectivity index (χ4n) is 2.08. The molecule has 0 bridgehead atoms. The van der Waals surface area contributed by atoms with E-state index in [1.54, 1.807) is 11.3 Å². The van der Waals surface area contributed by atoms with Gasteiger partial charge in [-0.2, -0.15) is 11.3 Å². The maximum absolute atomic E-state index is 12.4. The second-order valence-corrected chi connectivity index (χ2v) is 5.65. The lowest BCUT2D eigenvalue weighted by Crippen LogP contribution is -2.32. The number of thiophene rings is 1. The molecule has 2 rings (SSSR count). The zero-order valence-corrected chi connectivity index (χ0v) is 12.5. The standard InChI is InChI=1S/C16H20N2OS/c1-2-8-18(11-13-3-5-15(17)6-4-13)16(19)10-14-7-9-20-12-14/h3-7,9,12H,2,8,10-11,17H2,1H3. The number of carbonyl (C=O) groups is 1. The molecule has 2 N–H and O–H groups in total. The number of nitrogen functional groups attached to an aromatic ring is 1. The lowest BCUT2D eigenvalue weighted by molar-refractivity contribution is -0.131. The Morgan fingerprint density at radius 2 is 1.95 bits per heavy atom. The lowest BCUT2D eigenvalue weighted by Gasteiger charge is -2.22. The summed E-state index contributed by atoms with van der Waals surface area (Å²) in [6.07, 6.45) is 1.45. The molecule has 0 radical (unpaired) electrons. The number of benzene rings is 1. The van der Waals surface area contributed by atoms with Crippen LogP contribution in [0.15, 0.2) is 41.1 Å². The molecule has 0 saturated carbocycles. The smallest absolute Gasteiger partial charge is 0.227 e. The van der Waals surface area contributed by atoms with Gasteiger partial charge in [0.25, 0.3) is 0 Å². The average molecular weight is 288 g/mol. The van der Waals surface area contributed by atoms with E-state index in [0.717, 1.165) is 29.8 Å². The predicted octanol–water partition coefficient (Wildman–Crippen LogP) is 3.31. The minimum absolute atomic E-state index is 0.182. The summed E-state index contributed by atoms with van der Waals surface area (Å²) in [5.41, 5.74) is 8.65. The van der Waals surface area contributed by atoms with E-state index in [1.807, 2.05) is 46.0 Å². The van der Waals surface area contributed by atoms with Crippen molar-refractivity contribution in [3.63, 3.8) is 0 Å². The van der Waals surface area contributed by atoms with Crippen molar-refractivity contribution < 1.29 is 4.79 Å². The molecule has 0 aliphatic heterocycles. The molecule has 0 aliphatic rings. The van der Waals surface area contributed by atoms with Crippen molar-refractivity contribution in [1.82, 2.24) is 4.90 Å². The Labute approximate surface area is 124 Å². The Kier molecular flexibility index (Phi) is 5.18. The summed E-state index contributed by atoms with van der Waals surface area (Å²) in [7, 11) is 0. The zero-order valence-electron chi connectivity index (χ0n) is 11.7. The van der Waals surface area contributed by atoms with Gasteiger partial charge in [-0.3, -0.25) is 4.79 Å². The highest BCUT2D eigenvalue weighted by Crippen LogP contribution is 2.12. The van der Waals surface area contributed by atoms with Crippen molar-refractivity contribution in [3.05, 3.63) is 52.2 Å². The molecular weight excluding hydrogens is 268 g/mol. The van der Waals surface area contributed by atoms with Crippen LogP contribution in [-0.2, 0) is 17.8 Å². The predicted molar refractivity (Wildman–Crippen MR) is 84.6 cm³/mol. The molecule has 106 valence electrons. The van der Waals surface area contributed by atoms with E-state index in [1.165, 1.54) is 0 Å². The number of nitrogens with zero attached hydrogens (tertiary/aromatic N) is 1. The maximum Gasteiger partial charge on any atom is 0.227 e.